The summed E-state index contributed by atoms with van der Waals surface area (Å²) in [4.78, 5) is 16.2. The van der Waals surface area contributed by atoms with Crippen molar-refractivity contribution in [2.24, 2.45) is 4.99 Å². The monoisotopic (exact) mass is 526 g/mol. The SMILES string of the molecule is CCNC(=NCc1ccc(F)cc1CSC)NCCNC(=O)OC(C)(C)C.I. The van der Waals surface area contributed by atoms with Crippen LogP contribution >= 0.6 is 35.7 Å². The number of thioether (sulfide) groups is 1. The Hall–Kier alpha value is -1.23. The van der Waals surface area contributed by atoms with Crippen molar-refractivity contribution >= 4 is 47.8 Å². The lowest BCUT2D eigenvalue weighted by Gasteiger charge is -2.20. The van der Waals surface area contributed by atoms with E-state index in [4.69, 9.17) is 4.74 Å². The lowest BCUT2D eigenvalue weighted by atomic mass is 10.1. The summed E-state index contributed by atoms with van der Waals surface area (Å²) in [6, 6.07) is 4.80. The second-order valence-electron chi connectivity index (χ2n) is 6.90. The molecule has 0 bridgehead atoms. The van der Waals surface area contributed by atoms with Gasteiger partial charge in [0.15, 0.2) is 5.96 Å². The summed E-state index contributed by atoms with van der Waals surface area (Å²) in [7, 11) is 0. The summed E-state index contributed by atoms with van der Waals surface area (Å²) < 4.78 is 18.6. The minimum absolute atomic E-state index is 0. The van der Waals surface area contributed by atoms with E-state index < -0.39 is 11.7 Å². The third kappa shape index (κ3) is 11.6. The van der Waals surface area contributed by atoms with Crippen molar-refractivity contribution in [3.05, 3.63) is 35.1 Å². The summed E-state index contributed by atoms with van der Waals surface area (Å²) >= 11 is 1.65. The first-order chi connectivity index (χ1) is 12.7. The topological polar surface area (TPSA) is 74.8 Å². The lowest BCUT2D eigenvalue weighted by molar-refractivity contribution is 0.0529. The Morgan fingerprint density at radius 1 is 1.18 bits per heavy atom. The average molecular weight is 526 g/mol. The fourth-order valence-electron chi connectivity index (χ4n) is 2.20. The first kappa shape index (κ1) is 26.8. The van der Waals surface area contributed by atoms with Crippen molar-refractivity contribution in [1.82, 2.24) is 16.0 Å². The summed E-state index contributed by atoms with van der Waals surface area (Å²) in [5.74, 6) is 1.15. The normalized spacial score (nSPS) is 11.4. The predicted molar refractivity (Wildman–Crippen MR) is 126 cm³/mol. The summed E-state index contributed by atoms with van der Waals surface area (Å²) in [6.07, 6.45) is 1.54. The number of carbonyl (C=O) groups is 1. The number of aliphatic imine (C=N–C) groups is 1. The van der Waals surface area contributed by atoms with E-state index in [1.54, 1.807) is 23.9 Å². The molecule has 1 amide bonds. The van der Waals surface area contributed by atoms with Crippen LogP contribution < -0.4 is 16.0 Å². The summed E-state index contributed by atoms with van der Waals surface area (Å²) in [6.45, 7) is 9.52. The zero-order valence-electron chi connectivity index (χ0n) is 17.2. The van der Waals surface area contributed by atoms with Crippen LogP contribution in [0.2, 0.25) is 0 Å². The van der Waals surface area contributed by atoms with Gasteiger partial charge in [0.1, 0.15) is 11.4 Å². The smallest absolute Gasteiger partial charge is 0.407 e. The molecule has 0 aliphatic heterocycles. The molecule has 0 spiro atoms. The molecule has 0 heterocycles. The number of hydrogen-bond acceptors (Lipinski definition) is 4. The number of guanidine groups is 1. The van der Waals surface area contributed by atoms with Gasteiger partial charge in [-0.15, -0.1) is 24.0 Å². The minimum Gasteiger partial charge on any atom is -0.444 e. The van der Waals surface area contributed by atoms with Gasteiger partial charge in [0.2, 0.25) is 0 Å². The Labute approximate surface area is 188 Å². The molecule has 3 N–H and O–H groups in total. The van der Waals surface area contributed by atoms with E-state index in [0.717, 1.165) is 16.9 Å². The molecule has 9 heteroatoms. The fourth-order valence-corrected chi connectivity index (χ4v) is 2.78. The number of amides is 1. The van der Waals surface area contributed by atoms with E-state index in [1.165, 1.54) is 6.07 Å². The van der Waals surface area contributed by atoms with Crippen LogP contribution in [0.1, 0.15) is 38.8 Å². The second kappa shape index (κ2) is 13.9. The number of nitrogens with zero attached hydrogens (tertiary/aromatic N) is 1. The molecule has 6 nitrogen and oxygen atoms in total. The number of halogens is 2. The van der Waals surface area contributed by atoms with Gasteiger partial charge < -0.3 is 20.7 Å². The summed E-state index contributed by atoms with van der Waals surface area (Å²) in [5, 5.41) is 9.01. The molecule has 0 saturated carbocycles. The van der Waals surface area contributed by atoms with E-state index in [1.807, 2.05) is 34.0 Å². The molecule has 160 valence electrons. The molecule has 1 aromatic rings. The molecule has 0 fully saturated rings. The van der Waals surface area contributed by atoms with Crippen LogP contribution in [0, 0.1) is 5.82 Å². The first-order valence-corrected chi connectivity index (χ1v) is 10.4. The molecule has 0 aliphatic carbocycles. The van der Waals surface area contributed by atoms with E-state index in [9.17, 15) is 9.18 Å². The Morgan fingerprint density at radius 2 is 1.86 bits per heavy atom. The highest BCUT2D eigenvalue weighted by Gasteiger charge is 2.15. The maximum Gasteiger partial charge on any atom is 0.407 e. The van der Waals surface area contributed by atoms with Crippen molar-refractivity contribution in [1.29, 1.82) is 0 Å². The van der Waals surface area contributed by atoms with Crippen molar-refractivity contribution in [2.75, 3.05) is 25.9 Å². The molecule has 1 aromatic carbocycles. The van der Waals surface area contributed by atoms with E-state index in [-0.39, 0.29) is 29.8 Å². The van der Waals surface area contributed by atoms with Crippen molar-refractivity contribution in [2.45, 2.75) is 45.6 Å². The van der Waals surface area contributed by atoms with Gasteiger partial charge in [-0.3, -0.25) is 0 Å². The maximum atomic E-state index is 13.4. The highest BCUT2D eigenvalue weighted by molar-refractivity contribution is 14.0. The molecular formula is C19H32FIN4O2S. The van der Waals surface area contributed by atoms with Crippen LogP contribution in [0.5, 0.6) is 0 Å². The Balaban J connectivity index is 0.00000729. The Morgan fingerprint density at radius 3 is 2.46 bits per heavy atom. The van der Waals surface area contributed by atoms with Crippen LogP contribution in [0.25, 0.3) is 0 Å². The van der Waals surface area contributed by atoms with Crippen molar-refractivity contribution in [3.63, 3.8) is 0 Å². The molecular weight excluding hydrogens is 494 g/mol. The molecule has 0 aliphatic rings. The van der Waals surface area contributed by atoms with Crippen molar-refractivity contribution < 1.29 is 13.9 Å². The fraction of sp³-hybridized carbons (Fsp3) is 0.579. The van der Waals surface area contributed by atoms with Crippen LogP contribution in [-0.4, -0.2) is 43.5 Å². The number of carbonyl (C=O) groups excluding carboxylic acids is 1. The molecule has 0 aromatic heterocycles. The minimum atomic E-state index is -0.516. The Kier molecular flexibility index (Phi) is 13.3. The van der Waals surface area contributed by atoms with Gasteiger partial charge in [0.05, 0.1) is 6.54 Å². The van der Waals surface area contributed by atoms with Gasteiger partial charge in [-0.2, -0.15) is 11.8 Å². The summed E-state index contributed by atoms with van der Waals surface area (Å²) in [5.41, 5.74) is 1.43. The van der Waals surface area contributed by atoms with E-state index in [0.29, 0.717) is 32.1 Å². The molecule has 1 rings (SSSR count). The number of nitrogens with one attached hydrogen (secondary N) is 3. The van der Waals surface area contributed by atoms with Gasteiger partial charge in [-0.05, 0) is 57.2 Å². The number of benzene rings is 1. The highest BCUT2D eigenvalue weighted by atomic mass is 127. The highest BCUT2D eigenvalue weighted by Crippen LogP contribution is 2.17. The van der Waals surface area contributed by atoms with Crippen LogP contribution in [0.4, 0.5) is 9.18 Å². The van der Waals surface area contributed by atoms with Gasteiger partial charge >= 0.3 is 6.09 Å². The van der Waals surface area contributed by atoms with E-state index in [2.05, 4.69) is 20.9 Å². The van der Waals surface area contributed by atoms with Crippen LogP contribution in [0.15, 0.2) is 23.2 Å². The molecule has 0 radical (unpaired) electrons. The van der Waals surface area contributed by atoms with Crippen LogP contribution in [-0.2, 0) is 17.0 Å². The predicted octanol–water partition coefficient (Wildman–Crippen LogP) is 3.89. The number of alkyl carbamates (subject to hydrolysis) is 1. The van der Waals surface area contributed by atoms with Gasteiger partial charge in [0.25, 0.3) is 0 Å². The molecule has 28 heavy (non-hydrogen) atoms. The molecule has 0 unspecified atom stereocenters. The van der Waals surface area contributed by atoms with Gasteiger partial charge in [-0.1, -0.05) is 6.07 Å². The number of ether oxygens (including phenoxy) is 1. The zero-order valence-corrected chi connectivity index (χ0v) is 20.4. The Bertz CT molecular complexity index is 639. The van der Waals surface area contributed by atoms with Gasteiger partial charge in [-0.25, -0.2) is 14.2 Å². The quantitative estimate of drug-likeness (QED) is 0.208. The van der Waals surface area contributed by atoms with E-state index >= 15 is 0 Å². The third-order valence-electron chi connectivity index (χ3n) is 3.31. The standard InChI is InChI=1S/C19H31FN4O2S.HI/c1-6-21-17(22-9-10-23-18(25)26-19(2,3)4)24-12-14-7-8-16(20)11-15(14)13-27-5;/h7-8,11H,6,9-10,12-13H2,1-5H3,(H,23,25)(H2,21,22,24);1H. The van der Waals surface area contributed by atoms with Crippen LogP contribution in [0.3, 0.4) is 0 Å². The second-order valence-corrected chi connectivity index (χ2v) is 7.76. The first-order valence-electron chi connectivity index (χ1n) is 9.00. The van der Waals surface area contributed by atoms with Gasteiger partial charge in [0, 0.05) is 25.4 Å². The molecule has 0 saturated heterocycles. The largest absolute Gasteiger partial charge is 0.444 e. The molecule has 0 atom stereocenters. The zero-order chi connectivity index (χ0) is 20.3. The number of hydrogen-bond donors (Lipinski definition) is 3. The van der Waals surface area contributed by atoms with Crippen molar-refractivity contribution in [3.8, 4) is 0 Å². The number of rotatable bonds is 8. The maximum absolute atomic E-state index is 13.4. The lowest BCUT2D eigenvalue weighted by Crippen LogP contribution is -2.42. The average Bonchev–Trinajstić information content (AvgIpc) is 2.56. The third-order valence-corrected chi connectivity index (χ3v) is 3.91.